The van der Waals surface area contributed by atoms with Crippen molar-refractivity contribution in [2.24, 2.45) is 0 Å². The number of hydrogen-bond acceptors (Lipinski definition) is 5. The molecule has 0 unspecified atom stereocenters. The van der Waals surface area contributed by atoms with E-state index in [1.165, 1.54) is 0 Å². The molecule has 0 radical (unpaired) electrons. The average Bonchev–Trinajstić information content (AvgIpc) is 3.38. The summed E-state index contributed by atoms with van der Waals surface area (Å²) in [6.07, 6.45) is 0. The molecule has 1 atom stereocenters. The minimum atomic E-state index is -0.540. The number of phenols is 2. The second-order valence-electron chi connectivity index (χ2n) is 8.96. The highest BCUT2D eigenvalue weighted by Crippen LogP contribution is 2.47. The van der Waals surface area contributed by atoms with Crippen molar-refractivity contribution in [2.45, 2.75) is 33.4 Å². The lowest BCUT2D eigenvalue weighted by molar-refractivity contribution is 0.0730. The molecule has 1 aliphatic rings. The summed E-state index contributed by atoms with van der Waals surface area (Å²) in [5, 5.41) is 28.9. The summed E-state index contributed by atoms with van der Waals surface area (Å²) in [5.74, 6) is 0.163. The summed E-state index contributed by atoms with van der Waals surface area (Å²) in [5.41, 5.74) is 5.45. The monoisotopic (exact) mass is 503 g/mol. The van der Waals surface area contributed by atoms with Crippen molar-refractivity contribution in [3.05, 3.63) is 93.1 Å². The van der Waals surface area contributed by atoms with Gasteiger partial charge in [-0.3, -0.25) is 9.89 Å². The van der Waals surface area contributed by atoms with Crippen LogP contribution in [0.2, 0.25) is 5.02 Å². The number of carbonyl (C=O) groups is 1. The molecule has 0 saturated heterocycles. The van der Waals surface area contributed by atoms with E-state index in [4.69, 9.17) is 16.3 Å². The van der Waals surface area contributed by atoms with E-state index in [-0.39, 0.29) is 17.4 Å². The number of rotatable bonds is 6. The fourth-order valence-corrected chi connectivity index (χ4v) is 4.79. The van der Waals surface area contributed by atoms with Crippen LogP contribution in [-0.2, 0) is 6.54 Å². The number of amides is 1. The highest BCUT2D eigenvalue weighted by molar-refractivity contribution is 6.31. The number of hydrogen-bond donors (Lipinski definition) is 3. The Bertz CT molecular complexity index is 1460. The third kappa shape index (κ3) is 4.05. The van der Waals surface area contributed by atoms with Crippen LogP contribution in [0.4, 0.5) is 0 Å². The zero-order valence-corrected chi connectivity index (χ0v) is 20.9. The standard InChI is InChI=1S/C28H26ClN3O4/c1-4-36-23-12-18(9-10-21(23)33)27-24-25(19-13-20(29)16(3)11-22(19)34)30-31-26(24)28(35)32(27)14-17-7-5-15(2)6-8-17/h5-13,27,33-34H,4,14H2,1-3H3,(H,30,31)/t27-/m1/s1. The van der Waals surface area contributed by atoms with Gasteiger partial charge in [-0.05, 0) is 61.7 Å². The van der Waals surface area contributed by atoms with Crippen molar-refractivity contribution in [2.75, 3.05) is 6.61 Å². The largest absolute Gasteiger partial charge is 0.507 e. The van der Waals surface area contributed by atoms with E-state index in [1.54, 1.807) is 35.2 Å². The van der Waals surface area contributed by atoms with Crippen molar-refractivity contribution in [3.8, 4) is 28.5 Å². The molecule has 184 valence electrons. The molecule has 2 heterocycles. The number of aryl methyl sites for hydroxylation is 2. The molecular formula is C28H26ClN3O4. The number of aromatic hydroxyl groups is 2. The first-order valence-corrected chi connectivity index (χ1v) is 12.1. The molecule has 5 rings (SSSR count). The van der Waals surface area contributed by atoms with Crippen LogP contribution >= 0.6 is 11.6 Å². The van der Waals surface area contributed by atoms with Crippen molar-refractivity contribution in [3.63, 3.8) is 0 Å². The van der Waals surface area contributed by atoms with E-state index >= 15 is 0 Å². The zero-order chi connectivity index (χ0) is 25.6. The van der Waals surface area contributed by atoms with E-state index in [2.05, 4.69) is 10.2 Å². The number of aromatic nitrogens is 2. The van der Waals surface area contributed by atoms with Crippen LogP contribution in [0.25, 0.3) is 11.3 Å². The molecule has 3 N–H and O–H groups in total. The first kappa shape index (κ1) is 23.8. The highest BCUT2D eigenvalue weighted by atomic mass is 35.5. The molecule has 4 aromatic rings. The van der Waals surface area contributed by atoms with Gasteiger partial charge in [-0.1, -0.05) is 47.5 Å². The number of carbonyl (C=O) groups excluding carboxylic acids is 1. The smallest absolute Gasteiger partial charge is 0.273 e. The van der Waals surface area contributed by atoms with E-state index in [0.29, 0.717) is 46.4 Å². The maximum absolute atomic E-state index is 13.7. The van der Waals surface area contributed by atoms with Gasteiger partial charge in [0.25, 0.3) is 5.91 Å². The zero-order valence-electron chi connectivity index (χ0n) is 20.2. The van der Waals surface area contributed by atoms with E-state index in [9.17, 15) is 15.0 Å². The fourth-order valence-electron chi connectivity index (χ4n) is 4.63. The van der Waals surface area contributed by atoms with Gasteiger partial charge in [-0.15, -0.1) is 0 Å². The van der Waals surface area contributed by atoms with Crippen LogP contribution in [0.15, 0.2) is 54.6 Å². The Hall–Kier alpha value is -3.97. The highest BCUT2D eigenvalue weighted by Gasteiger charge is 2.42. The Morgan fingerprint density at radius 1 is 1.06 bits per heavy atom. The van der Waals surface area contributed by atoms with Crippen LogP contribution in [0, 0.1) is 13.8 Å². The minimum Gasteiger partial charge on any atom is -0.507 e. The van der Waals surface area contributed by atoms with Crippen molar-refractivity contribution < 1.29 is 19.7 Å². The number of nitrogens with one attached hydrogen (secondary N) is 1. The maximum atomic E-state index is 13.7. The van der Waals surface area contributed by atoms with Gasteiger partial charge in [0, 0.05) is 22.7 Å². The van der Waals surface area contributed by atoms with Crippen LogP contribution < -0.4 is 4.74 Å². The lowest BCUT2D eigenvalue weighted by Crippen LogP contribution is -2.29. The Labute approximate surface area is 213 Å². The normalized spacial score (nSPS) is 14.8. The van der Waals surface area contributed by atoms with Gasteiger partial charge in [0.1, 0.15) is 17.1 Å². The Morgan fingerprint density at radius 2 is 1.81 bits per heavy atom. The second kappa shape index (κ2) is 9.24. The summed E-state index contributed by atoms with van der Waals surface area (Å²) in [4.78, 5) is 15.4. The number of benzene rings is 3. The van der Waals surface area contributed by atoms with Gasteiger partial charge in [0.15, 0.2) is 11.5 Å². The van der Waals surface area contributed by atoms with Crippen LogP contribution in [0.3, 0.4) is 0 Å². The van der Waals surface area contributed by atoms with Gasteiger partial charge in [0.05, 0.1) is 12.6 Å². The van der Waals surface area contributed by atoms with Gasteiger partial charge in [0.2, 0.25) is 0 Å². The molecule has 0 saturated carbocycles. The third-order valence-electron chi connectivity index (χ3n) is 6.47. The molecule has 7 nitrogen and oxygen atoms in total. The molecule has 0 fully saturated rings. The number of ether oxygens (including phenoxy) is 1. The molecule has 3 aromatic carbocycles. The van der Waals surface area contributed by atoms with Gasteiger partial charge >= 0.3 is 0 Å². The quantitative estimate of drug-likeness (QED) is 0.304. The van der Waals surface area contributed by atoms with Crippen molar-refractivity contribution >= 4 is 17.5 Å². The van der Waals surface area contributed by atoms with E-state index in [0.717, 1.165) is 22.3 Å². The molecule has 1 amide bonds. The number of halogens is 1. The van der Waals surface area contributed by atoms with E-state index in [1.807, 2.05) is 45.0 Å². The van der Waals surface area contributed by atoms with Crippen molar-refractivity contribution in [1.29, 1.82) is 0 Å². The molecular weight excluding hydrogens is 478 g/mol. The maximum Gasteiger partial charge on any atom is 0.273 e. The molecule has 36 heavy (non-hydrogen) atoms. The van der Waals surface area contributed by atoms with Crippen LogP contribution in [0.5, 0.6) is 17.2 Å². The number of fused-ring (bicyclic) bond motifs is 1. The van der Waals surface area contributed by atoms with Gasteiger partial charge in [-0.25, -0.2) is 0 Å². The minimum absolute atomic E-state index is 0.0191. The third-order valence-corrected chi connectivity index (χ3v) is 6.88. The van der Waals surface area contributed by atoms with Gasteiger partial charge < -0.3 is 19.8 Å². The molecule has 0 bridgehead atoms. The summed E-state index contributed by atoms with van der Waals surface area (Å²) >= 11 is 6.39. The number of phenolic OH excluding ortho intramolecular Hbond substituents is 2. The van der Waals surface area contributed by atoms with Crippen molar-refractivity contribution in [1.82, 2.24) is 15.1 Å². The van der Waals surface area contributed by atoms with Crippen LogP contribution in [-0.4, -0.2) is 37.8 Å². The summed E-state index contributed by atoms with van der Waals surface area (Å²) in [7, 11) is 0. The summed E-state index contributed by atoms with van der Waals surface area (Å²) < 4.78 is 5.63. The predicted octanol–water partition coefficient (Wildman–Crippen LogP) is 5.90. The number of aromatic amines is 1. The second-order valence-corrected chi connectivity index (χ2v) is 9.37. The first-order chi connectivity index (χ1) is 17.3. The molecule has 1 aromatic heterocycles. The summed E-state index contributed by atoms with van der Waals surface area (Å²) in [6.45, 7) is 6.40. The van der Waals surface area contributed by atoms with Crippen LogP contribution in [0.1, 0.15) is 51.3 Å². The first-order valence-electron chi connectivity index (χ1n) is 11.7. The Balaban J connectivity index is 1.68. The average molecular weight is 504 g/mol. The molecule has 0 aliphatic carbocycles. The lowest BCUT2D eigenvalue weighted by Gasteiger charge is -2.27. The summed E-state index contributed by atoms with van der Waals surface area (Å²) in [6, 6.07) is 15.8. The molecule has 0 spiro atoms. The SMILES string of the molecule is CCOc1cc([C@@H]2c3c(-c4cc(Cl)c(C)cc4O)n[nH]c3C(=O)N2Cc2ccc(C)cc2)ccc1O. The fraction of sp³-hybridized carbons (Fsp3) is 0.214. The molecule has 1 aliphatic heterocycles. The van der Waals surface area contributed by atoms with Gasteiger partial charge in [-0.2, -0.15) is 5.10 Å². The predicted molar refractivity (Wildman–Crippen MR) is 138 cm³/mol. The number of H-pyrrole nitrogens is 1. The Kier molecular flexibility index (Phi) is 6.10. The topological polar surface area (TPSA) is 98.7 Å². The Morgan fingerprint density at radius 3 is 2.53 bits per heavy atom. The molecule has 8 heteroatoms. The van der Waals surface area contributed by atoms with E-state index < -0.39 is 6.04 Å². The lowest BCUT2D eigenvalue weighted by atomic mass is 9.94. The number of nitrogens with zero attached hydrogens (tertiary/aromatic N) is 2.